The lowest BCUT2D eigenvalue weighted by Crippen LogP contribution is -2.56. The van der Waals surface area contributed by atoms with Crippen molar-refractivity contribution >= 4 is 21.4 Å². The molecule has 38 heavy (non-hydrogen) atoms. The third-order valence-corrected chi connectivity index (χ3v) is 8.11. The van der Waals surface area contributed by atoms with Crippen molar-refractivity contribution < 1.29 is 44.2 Å². The van der Waals surface area contributed by atoms with Crippen LogP contribution in [0.25, 0.3) is 11.1 Å². The lowest BCUT2D eigenvalue weighted by Gasteiger charge is -2.46. The molecule has 1 atom stereocenters. The van der Waals surface area contributed by atoms with Crippen molar-refractivity contribution in [2.45, 2.75) is 23.7 Å². The van der Waals surface area contributed by atoms with Gasteiger partial charge in [0.15, 0.2) is 0 Å². The summed E-state index contributed by atoms with van der Waals surface area (Å²) < 4.78 is 118. The minimum atomic E-state index is -4.75. The number of morpholine rings is 1. The van der Waals surface area contributed by atoms with Crippen molar-refractivity contribution in [3.63, 3.8) is 0 Å². The summed E-state index contributed by atoms with van der Waals surface area (Å²) in [6.07, 6.45) is -4.75. The summed E-state index contributed by atoms with van der Waals surface area (Å²) in [5, 5.41) is 0. The van der Waals surface area contributed by atoms with Gasteiger partial charge in [0.25, 0.3) is 10.0 Å². The highest BCUT2D eigenvalue weighted by Crippen LogP contribution is 2.43. The van der Waals surface area contributed by atoms with Gasteiger partial charge in [0.05, 0.1) is 47.6 Å². The van der Waals surface area contributed by atoms with E-state index in [1.165, 1.54) is 12.1 Å². The number of alkyl halides is 5. The van der Waals surface area contributed by atoms with Gasteiger partial charge >= 0.3 is 12.8 Å². The molecule has 0 spiro atoms. The van der Waals surface area contributed by atoms with Crippen LogP contribution in [-0.2, 0) is 20.9 Å². The molecule has 1 saturated heterocycles. The normalized spacial score (nSPS) is 17.8. The number of fused-ring (bicyclic) bond motifs is 3. The van der Waals surface area contributed by atoms with E-state index in [1.54, 1.807) is 12.1 Å². The monoisotopic (exact) mass is 558 g/mol. The van der Waals surface area contributed by atoms with Crippen LogP contribution >= 0.6 is 0 Å². The number of benzene rings is 3. The zero-order valence-corrected chi connectivity index (χ0v) is 20.3. The third kappa shape index (κ3) is 4.99. The average Bonchev–Trinajstić information content (AvgIpc) is 2.86. The fraction of sp³-hybridized carbons (Fsp3) is 0.280. The molecule has 1 unspecified atom stereocenters. The number of sulfonamides is 1. The first-order valence-electron chi connectivity index (χ1n) is 11.4. The fourth-order valence-electron chi connectivity index (χ4n) is 4.65. The van der Waals surface area contributed by atoms with Gasteiger partial charge in [-0.25, -0.2) is 12.8 Å². The van der Waals surface area contributed by atoms with Crippen LogP contribution in [0, 0.1) is 5.82 Å². The van der Waals surface area contributed by atoms with Crippen LogP contribution in [0.4, 0.5) is 37.7 Å². The quantitative estimate of drug-likeness (QED) is 0.386. The van der Waals surface area contributed by atoms with E-state index in [1.807, 2.05) is 4.90 Å². The first-order valence-corrected chi connectivity index (χ1v) is 12.8. The highest BCUT2D eigenvalue weighted by atomic mass is 32.2. The molecular formula is C25H20F6N2O4S. The van der Waals surface area contributed by atoms with Gasteiger partial charge in [0, 0.05) is 12.6 Å². The second-order valence-corrected chi connectivity index (χ2v) is 10.6. The summed E-state index contributed by atoms with van der Waals surface area (Å²) in [6, 6.07) is 10.7. The van der Waals surface area contributed by atoms with Gasteiger partial charge in [-0.3, -0.25) is 4.31 Å². The number of halogens is 6. The molecule has 6 nitrogen and oxygen atoms in total. The van der Waals surface area contributed by atoms with E-state index in [4.69, 9.17) is 4.74 Å². The van der Waals surface area contributed by atoms with E-state index in [9.17, 15) is 34.8 Å². The molecule has 0 aromatic heterocycles. The van der Waals surface area contributed by atoms with Gasteiger partial charge in [0.1, 0.15) is 11.6 Å². The molecule has 2 aliphatic rings. The number of ether oxygens (including phenoxy) is 2. The third-order valence-electron chi connectivity index (χ3n) is 6.34. The summed E-state index contributed by atoms with van der Waals surface area (Å²) in [4.78, 5) is 1.39. The minimum Gasteiger partial charge on any atom is -0.435 e. The van der Waals surface area contributed by atoms with Crippen molar-refractivity contribution in [2.75, 3.05) is 35.5 Å². The summed E-state index contributed by atoms with van der Waals surface area (Å²) >= 11 is 0. The van der Waals surface area contributed by atoms with Crippen molar-refractivity contribution in [1.29, 1.82) is 0 Å². The number of anilines is 2. The van der Waals surface area contributed by atoms with Crippen molar-refractivity contribution in [3.8, 4) is 16.9 Å². The van der Waals surface area contributed by atoms with E-state index >= 15 is 0 Å². The minimum absolute atomic E-state index is 0.113. The Morgan fingerprint density at radius 3 is 2.50 bits per heavy atom. The fourth-order valence-corrected chi connectivity index (χ4v) is 6.20. The van der Waals surface area contributed by atoms with Crippen LogP contribution in [0.5, 0.6) is 5.75 Å². The average molecular weight is 559 g/mol. The molecule has 2 heterocycles. The molecule has 0 radical (unpaired) electrons. The van der Waals surface area contributed by atoms with Gasteiger partial charge < -0.3 is 14.4 Å². The molecule has 0 saturated carbocycles. The number of hydrogen-bond acceptors (Lipinski definition) is 5. The zero-order valence-electron chi connectivity index (χ0n) is 19.5. The Bertz CT molecular complexity index is 1460. The van der Waals surface area contributed by atoms with Crippen molar-refractivity contribution in [1.82, 2.24) is 0 Å². The van der Waals surface area contributed by atoms with Crippen LogP contribution < -0.4 is 13.9 Å². The van der Waals surface area contributed by atoms with Gasteiger partial charge in [0.2, 0.25) is 0 Å². The molecule has 2 aliphatic heterocycles. The maximum atomic E-state index is 14.2. The van der Waals surface area contributed by atoms with Gasteiger partial charge in [-0.05, 0) is 53.6 Å². The Morgan fingerprint density at radius 1 is 0.974 bits per heavy atom. The molecule has 0 bridgehead atoms. The van der Waals surface area contributed by atoms with E-state index in [0.29, 0.717) is 30.5 Å². The second-order valence-electron chi connectivity index (χ2n) is 8.74. The maximum Gasteiger partial charge on any atom is 0.416 e. The summed E-state index contributed by atoms with van der Waals surface area (Å²) in [7, 11) is -4.49. The molecule has 3 aromatic carbocycles. The molecule has 13 heteroatoms. The molecule has 1 fully saturated rings. The van der Waals surface area contributed by atoms with Crippen LogP contribution in [0.1, 0.15) is 5.56 Å². The summed E-state index contributed by atoms with van der Waals surface area (Å²) in [6.45, 7) is -2.26. The first kappa shape index (κ1) is 26.2. The van der Waals surface area contributed by atoms with Crippen LogP contribution in [-0.4, -0.2) is 47.4 Å². The first-order chi connectivity index (χ1) is 17.9. The van der Waals surface area contributed by atoms with E-state index < -0.39 is 50.9 Å². The molecule has 202 valence electrons. The molecule has 0 aliphatic carbocycles. The van der Waals surface area contributed by atoms with Crippen LogP contribution in [0.2, 0.25) is 0 Å². The van der Waals surface area contributed by atoms with Crippen molar-refractivity contribution in [2.24, 2.45) is 0 Å². The maximum absolute atomic E-state index is 14.2. The van der Waals surface area contributed by atoms with E-state index in [2.05, 4.69) is 4.74 Å². The Labute approximate surface area is 214 Å². The molecular weight excluding hydrogens is 538 g/mol. The Balaban J connectivity index is 1.63. The zero-order chi connectivity index (χ0) is 27.2. The predicted octanol–water partition coefficient (Wildman–Crippen LogP) is 5.53. The van der Waals surface area contributed by atoms with Gasteiger partial charge in [-0.1, -0.05) is 12.1 Å². The Kier molecular flexibility index (Phi) is 6.68. The van der Waals surface area contributed by atoms with Gasteiger partial charge in [-0.2, -0.15) is 22.0 Å². The standard InChI is InChI=1S/C25H20F6N2O4S/c26-18-8-16(9-20(12-18)37-24(27)28)15-4-5-22-23(10-15)33(13-19-14-36-7-6-32(19)22)38(34,35)21-3-1-2-17(11-21)25(29,30)31/h1-5,8-12,19,24H,6-7,13-14H2. The lowest BCUT2D eigenvalue weighted by atomic mass is 10.0. The highest BCUT2D eigenvalue weighted by Gasteiger charge is 2.40. The smallest absolute Gasteiger partial charge is 0.416 e. The van der Waals surface area contributed by atoms with E-state index in [-0.39, 0.29) is 24.4 Å². The summed E-state index contributed by atoms with van der Waals surface area (Å²) in [5.74, 6) is -1.27. The Morgan fingerprint density at radius 2 is 1.76 bits per heavy atom. The molecule has 0 N–H and O–H groups in total. The molecule has 3 aromatic rings. The number of nitrogens with zero attached hydrogens (tertiary/aromatic N) is 2. The van der Waals surface area contributed by atoms with Crippen LogP contribution in [0.3, 0.4) is 0 Å². The second kappa shape index (κ2) is 9.70. The molecule has 0 amide bonds. The SMILES string of the molecule is O=S(=O)(c1cccc(C(F)(F)F)c1)N1CC2COCCN2c2ccc(-c3cc(F)cc(OC(F)F)c3)cc21. The number of hydrogen-bond donors (Lipinski definition) is 0. The highest BCUT2D eigenvalue weighted by molar-refractivity contribution is 7.92. The predicted molar refractivity (Wildman–Crippen MR) is 126 cm³/mol. The summed E-state index contributed by atoms with van der Waals surface area (Å²) in [5.41, 5.74) is -0.0382. The number of rotatable bonds is 5. The lowest BCUT2D eigenvalue weighted by molar-refractivity contribution is -0.137. The van der Waals surface area contributed by atoms with Crippen LogP contribution in [0.15, 0.2) is 65.6 Å². The topological polar surface area (TPSA) is 59.1 Å². The Hall–Kier alpha value is -3.45. The largest absolute Gasteiger partial charge is 0.435 e. The van der Waals surface area contributed by atoms with E-state index in [0.717, 1.165) is 34.6 Å². The molecule has 5 rings (SSSR count). The van der Waals surface area contributed by atoms with Crippen molar-refractivity contribution in [3.05, 3.63) is 72.0 Å². The van der Waals surface area contributed by atoms with Gasteiger partial charge in [-0.15, -0.1) is 0 Å².